The molecule has 2 aliphatic heterocycles. The number of benzene rings is 2. The zero-order valence-corrected chi connectivity index (χ0v) is 19.1. The number of fused-ring (bicyclic) bond motifs is 1. The highest BCUT2D eigenvalue weighted by atomic mass is 79.9. The number of hydrogen-bond acceptors (Lipinski definition) is 4. The molecule has 0 aromatic heterocycles. The summed E-state index contributed by atoms with van der Waals surface area (Å²) in [6, 6.07) is 10.1. The number of carbonyl (C=O) groups excluding carboxylic acids is 1. The van der Waals surface area contributed by atoms with Crippen molar-refractivity contribution in [3.8, 4) is 0 Å². The molecule has 1 fully saturated rings. The van der Waals surface area contributed by atoms with E-state index in [2.05, 4.69) is 15.9 Å². The van der Waals surface area contributed by atoms with Gasteiger partial charge in [-0.15, -0.1) is 0 Å². The molecular weight excluding hydrogens is 503 g/mol. The summed E-state index contributed by atoms with van der Waals surface area (Å²) in [5.41, 5.74) is 1.73. The van der Waals surface area contributed by atoms with E-state index in [0.29, 0.717) is 12.8 Å². The number of amides is 1. The number of ether oxygens (including phenoxy) is 1. The lowest BCUT2D eigenvalue weighted by atomic mass is 10.0. The fourth-order valence-corrected chi connectivity index (χ4v) is 6.34. The zero-order valence-electron chi connectivity index (χ0n) is 15.1. The van der Waals surface area contributed by atoms with Crippen molar-refractivity contribution in [1.29, 1.82) is 0 Å². The summed E-state index contributed by atoms with van der Waals surface area (Å²) in [4.78, 5) is 14.1. The van der Waals surface area contributed by atoms with Crippen LogP contribution in [0.4, 0.5) is 10.5 Å². The van der Waals surface area contributed by atoms with Crippen molar-refractivity contribution in [2.75, 3.05) is 18.0 Å². The molecule has 0 atom stereocenters. The Morgan fingerprint density at radius 1 is 1.10 bits per heavy atom. The van der Waals surface area contributed by atoms with E-state index in [1.165, 1.54) is 10.4 Å². The van der Waals surface area contributed by atoms with E-state index in [1.807, 2.05) is 18.2 Å². The van der Waals surface area contributed by atoms with Gasteiger partial charge in [0.15, 0.2) is 0 Å². The van der Waals surface area contributed by atoms with Crippen LogP contribution in [0.25, 0.3) is 0 Å². The molecule has 0 aliphatic carbocycles. The summed E-state index contributed by atoms with van der Waals surface area (Å²) >= 11 is 15.5. The Kier molecular flexibility index (Phi) is 5.83. The van der Waals surface area contributed by atoms with Crippen LogP contribution in [0.15, 0.2) is 45.8 Å². The predicted molar refractivity (Wildman–Crippen MR) is 115 cm³/mol. The lowest BCUT2D eigenvalue weighted by Gasteiger charge is -2.39. The van der Waals surface area contributed by atoms with Gasteiger partial charge in [-0.1, -0.05) is 45.2 Å². The van der Waals surface area contributed by atoms with Gasteiger partial charge in [0.2, 0.25) is 10.0 Å². The Balaban J connectivity index is 1.54. The third kappa shape index (κ3) is 3.88. The van der Waals surface area contributed by atoms with Gasteiger partial charge in [0, 0.05) is 29.2 Å². The number of rotatable bonds is 3. The highest BCUT2D eigenvalue weighted by Crippen LogP contribution is 2.36. The highest BCUT2D eigenvalue weighted by Gasteiger charge is 2.37. The molecule has 0 spiro atoms. The summed E-state index contributed by atoms with van der Waals surface area (Å²) in [6.45, 7) is 0.765. The van der Waals surface area contributed by atoms with Gasteiger partial charge in [-0.05, 0) is 43.2 Å². The largest absolute Gasteiger partial charge is 0.444 e. The fourth-order valence-electron chi connectivity index (χ4n) is 3.72. The second kappa shape index (κ2) is 8.07. The first-order valence-corrected chi connectivity index (χ1v) is 12.0. The number of anilines is 1. The number of hydrogen-bond donors (Lipinski definition) is 0. The first kappa shape index (κ1) is 20.9. The molecule has 6 nitrogen and oxygen atoms in total. The van der Waals surface area contributed by atoms with Crippen molar-refractivity contribution in [2.45, 2.75) is 30.4 Å². The van der Waals surface area contributed by atoms with E-state index in [0.717, 1.165) is 15.7 Å². The normalized spacial score (nSPS) is 18.4. The Bertz CT molecular complexity index is 1070. The van der Waals surface area contributed by atoms with Crippen LogP contribution in [0.1, 0.15) is 18.4 Å². The van der Waals surface area contributed by atoms with Crippen LogP contribution in [0.3, 0.4) is 0 Å². The molecule has 4 rings (SSSR count). The van der Waals surface area contributed by atoms with E-state index in [-0.39, 0.29) is 40.7 Å². The average molecular weight is 520 g/mol. The maximum absolute atomic E-state index is 13.0. The molecule has 2 aromatic rings. The molecule has 10 heteroatoms. The second-order valence-electron chi connectivity index (χ2n) is 6.88. The minimum atomic E-state index is -3.77. The van der Waals surface area contributed by atoms with E-state index < -0.39 is 16.1 Å². The number of sulfonamides is 1. The van der Waals surface area contributed by atoms with Crippen LogP contribution in [0.2, 0.25) is 10.0 Å². The molecule has 0 bridgehead atoms. The highest BCUT2D eigenvalue weighted by molar-refractivity contribution is 9.10. The third-order valence-electron chi connectivity index (χ3n) is 5.17. The smallest absolute Gasteiger partial charge is 0.414 e. The van der Waals surface area contributed by atoms with Crippen LogP contribution in [0.5, 0.6) is 0 Å². The Hall–Kier alpha value is -1.32. The molecule has 154 valence electrons. The molecule has 29 heavy (non-hydrogen) atoms. The van der Waals surface area contributed by atoms with Crippen LogP contribution >= 0.6 is 39.1 Å². The van der Waals surface area contributed by atoms with Crippen molar-refractivity contribution in [1.82, 2.24) is 4.31 Å². The lowest BCUT2D eigenvalue weighted by molar-refractivity contribution is 0.135. The maximum Gasteiger partial charge on any atom is 0.414 e. The minimum Gasteiger partial charge on any atom is -0.444 e. The van der Waals surface area contributed by atoms with Crippen LogP contribution in [-0.4, -0.2) is 37.9 Å². The molecule has 2 aliphatic rings. The standard InChI is InChI=1S/C19H17BrCl2N2O4S/c20-13-4-5-16-12(10-13)11-28-19(25)24(16)14-6-8-23(9-7-14)29(26,27)17-3-1-2-15(21)18(17)22/h1-5,10,14H,6-9,11H2. The summed E-state index contributed by atoms with van der Waals surface area (Å²) in [5.74, 6) is 0. The fraction of sp³-hybridized carbons (Fsp3) is 0.316. The third-order valence-corrected chi connectivity index (χ3v) is 8.54. The van der Waals surface area contributed by atoms with Crippen LogP contribution in [-0.2, 0) is 21.4 Å². The van der Waals surface area contributed by atoms with Gasteiger partial charge in [0.1, 0.15) is 11.5 Å². The molecule has 2 heterocycles. The molecule has 0 unspecified atom stereocenters. The number of carbonyl (C=O) groups is 1. The SMILES string of the molecule is O=C1OCc2cc(Br)ccc2N1C1CCN(S(=O)(=O)c2cccc(Cl)c2Cl)CC1. The number of nitrogens with zero attached hydrogens (tertiary/aromatic N) is 2. The lowest BCUT2D eigenvalue weighted by Crippen LogP contribution is -2.50. The van der Waals surface area contributed by atoms with E-state index in [9.17, 15) is 13.2 Å². The van der Waals surface area contributed by atoms with Crippen molar-refractivity contribution >= 4 is 60.9 Å². The van der Waals surface area contributed by atoms with Gasteiger partial charge in [0.05, 0.1) is 15.7 Å². The molecule has 0 saturated carbocycles. The van der Waals surface area contributed by atoms with Crippen molar-refractivity contribution < 1.29 is 17.9 Å². The monoisotopic (exact) mass is 518 g/mol. The van der Waals surface area contributed by atoms with Crippen molar-refractivity contribution in [2.24, 2.45) is 0 Å². The minimum absolute atomic E-state index is 0.00213. The number of piperidine rings is 1. The number of cyclic esters (lactones) is 1. The summed E-state index contributed by atoms with van der Waals surface area (Å²) in [7, 11) is -3.77. The molecule has 0 N–H and O–H groups in total. The Morgan fingerprint density at radius 3 is 2.55 bits per heavy atom. The number of halogens is 3. The van der Waals surface area contributed by atoms with Crippen LogP contribution < -0.4 is 4.90 Å². The van der Waals surface area contributed by atoms with Crippen molar-refractivity contribution in [3.05, 3.63) is 56.5 Å². The molecule has 0 radical (unpaired) electrons. The molecular formula is C19H17BrCl2N2O4S. The topological polar surface area (TPSA) is 66.9 Å². The van der Waals surface area contributed by atoms with Crippen LogP contribution in [0, 0.1) is 0 Å². The zero-order chi connectivity index (χ0) is 20.8. The molecule has 1 saturated heterocycles. The van der Waals surface area contributed by atoms with Gasteiger partial charge >= 0.3 is 6.09 Å². The average Bonchev–Trinajstić information content (AvgIpc) is 2.70. The predicted octanol–water partition coefficient (Wildman–Crippen LogP) is 5.07. The second-order valence-corrected chi connectivity index (χ2v) is 10.5. The Morgan fingerprint density at radius 2 is 1.83 bits per heavy atom. The summed E-state index contributed by atoms with van der Waals surface area (Å²) < 4.78 is 33.6. The molecule has 1 amide bonds. The van der Waals surface area contributed by atoms with Gasteiger partial charge in [-0.25, -0.2) is 13.2 Å². The van der Waals surface area contributed by atoms with E-state index in [1.54, 1.807) is 17.0 Å². The first-order chi connectivity index (χ1) is 13.8. The van der Waals surface area contributed by atoms with E-state index >= 15 is 0 Å². The molecule has 2 aromatic carbocycles. The van der Waals surface area contributed by atoms with Crippen molar-refractivity contribution in [3.63, 3.8) is 0 Å². The van der Waals surface area contributed by atoms with Gasteiger partial charge in [-0.3, -0.25) is 4.90 Å². The Labute approximate surface area is 187 Å². The van der Waals surface area contributed by atoms with Gasteiger partial charge in [-0.2, -0.15) is 4.31 Å². The first-order valence-electron chi connectivity index (χ1n) is 8.97. The quantitative estimate of drug-likeness (QED) is 0.568. The maximum atomic E-state index is 13.0. The summed E-state index contributed by atoms with van der Waals surface area (Å²) in [5, 5.41) is 0.219. The van der Waals surface area contributed by atoms with E-state index in [4.69, 9.17) is 27.9 Å². The van der Waals surface area contributed by atoms with Gasteiger partial charge < -0.3 is 4.74 Å². The van der Waals surface area contributed by atoms with Gasteiger partial charge in [0.25, 0.3) is 0 Å². The summed E-state index contributed by atoms with van der Waals surface area (Å²) in [6.07, 6.45) is 0.573.